The summed E-state index contributed by atoms with van der Waals surface area (Å²) >= 11 is 0. The molecular formula is C16H20N2O3. The first-order valence-corrected chi connectivity index (χ1v) is 7.00. The first-order chi connectivity index (χ1) is 10.3. The van der Waals surface area contributed by atoms with Crippen molar-refractivity contribution in [2.45, 2.75) is 13.0 Å². The van der Waals surface area contributed by atoms with Gasteiger partial charge in [0.05, 0.1) is 12.8 Å². The van der Waals surface area contributed by atoms with Gasteiger partial charge in [0, 0.05) is 18.8 Å². The topological polar surface area (TPSA) is 63.5 Å². The average molecular weight is 288 g/mol. The molecule has 0 aliphatic rings. The quantitative estimate of drug-likeness (QED) is 0.696. The van der Waals surface area contributed by atoms with Crippen molar-refractivity contribution in [3.8, 4) is 0 Å². The van der Waals surface area contributed by atoms with Crippen LogP contribution >= 0.6 is 0 Å². The van der Waals surface area contributed by atoms with Crippen molar-refractivity contribution in [1.29, 1.82) is 0 Å². The van der Waals surface area contributed by atoms with E-state index >= 15 is 0 Å². The molecular weight excluding hydrogens is 268 g/mol. The van der Waals surface area contributed by atoms with Crippen LogP contribution in [-0.2, 0) is 16.1 Å². The van der Waals surface area contributed by atoms with Crippen LogP contribution in [0.4, 0.5) is 5.69 Å². The lowest BCUT2D eigenvalue weighted by atomic mass is 10.3. The van der Waals surface area contributed by atoms with E-state index in [-0.39, 0.29) is 12.5 Å². The SMILES string of the molecule is O=C(CNc1ccccc1)NCCCOCc1ccco1. The van der Waals surface area contributed by atoms with Gasteiger partial charge in [0.1, 0.15) is 12.4 Å². The van der Waals surface area contributed by atoms with Crippen molar-refractivity contribution < 1.29 is 13.9 Å². The Labute approximate surface area is 124 Å². The molecule has 0 unspecified atom stereocenters. The lowest BCUT2D eigenvalue weighted by Gasteiger charge is -2.07. The fraction of sp³-hybridized carbons (Fsp3) is 0.312. The van der Waals surface area contributed by atoms with Gasteiger partial charge in [-0.05, 0) is 30.7 Å². The number of hydrogen-bond acceptors (Lipinski definition) is 4. The van der Waals surface area contributed by atoms with E-state index in [0.717, 1.165) is 17.9 Å². The van der Waals surface area contributed by atoms with Gasteiger partial charge in [-0.15, -0.1) is 0 Å². The smallest absolute Gasteiger partial charge is 0.239 e. The van der Waals surface area contributed by atoms with Crippen LogP contribution in [0.25, 0.3) is 0 Å². The molecule has 0 aliphatic heterocycles. The summed E-state index contributed by atoms with van der Waals surface area (Å²) < 4.78 is 10.6. The Morgan fingerprint density at radius 2 is 2.00 bits per heavy atom. The van der Waals surface area contributed by atoms with Crippen molar-refractivity contribution in [1.82, 2.24) is 5.32 Å². The number of furan rings is 1. The van der Waals surface area contributed by atoms with Crippen LogP contribution in [0.5, 0.6) is 0 Å². The van der Waals surface area contributed by atoms with Crippen LogP contribution < -0.4 is 10.6 Å². The minimum atomic E-state index is -0.0233. The largest absolute Gasteiger partial charge is 0.467 e. The van der Waals surface area contributed by atoms with Gasteiger partial charge in [-0.3, -0.25) is 4.79 Å². The van der Waals surface area contributed by atoms with E-state index in [4.69, 9.17) is 9.15 Å². The maximum Gasteiger partial charge on any atom is 0.239 e. The number of amides is 1. The molecule has 0 fully saturated rings. The van der Waals surface area contributed by atoms with E-state index in [1.165, 1.54) is 0 Å². The average Bonchev–Trinajstić information content (AvgIpc) is 3.03. The molecule has 1 aromatic carbocycles. The number of benzene rings is 1. The molecule has 1 aromatic heterocycles. The van der Waals surface area contributed by atoms with Crippen LogP contribution in [0.2, 0.25) is 0 Å². The van der Waals surface area contributed by atoms with Crippen molar-refractivity contribution in [2.24, 2.45) is 0 Å². The zero-order valence-electron chi connectivity index (χ0n) is 11.9. The number of hydrogen-bond donors (Lipinski definition) is 2. The number of carbonyl (C=O) groups is 1. The molecule has 0 bridgehead atoms. The predicted octanol–water partition coefficient (Wildman–Crippen LogP) is 2.41. The predicted molar refractivity (Wildman–Crippen MR) is 80.9 cm³/mol. The van der Waals surface area contributed by atoms with Gasteiger partial charge in [-0.2, -0.15) is 0 Å². The van der Waals surface area contributed by atoms with Gasteiger partial charge < -0.3 is 19.8 Å². The Hall–Kier alpha value is -2.27. The summed E-state index contributed by atoms with van der Waals surface area (Å²) in [6.45, 7) is 1.94. The fourth-order valence-corrected chi connectivity index (χ4v) is 1.77. The molecule has 5 nitrogen and oxygen atoms in total. The first-order valence-electron chi connectivity index (χ1n) is 7.00. The number of rotatable bonds is 9. The summed E-state index contributed by atoms with van der Waals surface area (Å²) in [5.74, 6) is 0.788. The Kier molecular flexibility index (Phi) is 6.35. The second-order valence-corrected chi connectivity index (χ2v) is 4.56. The summed E-state index contributed by atoms with van der Waals surface area (Å²) in [5, 5.41) is 5.90. The third kappa shape index (κ3) is 6.14. The first kappa shape index (κ1) is 15.1. The number of nitrogens with one attached hydrogen (secondary N) is 2. The highest BCUT2D eigenvalue weighted by molar-refractivity contribution is 5.80. The second-order valence-electron chi connectivity index (χ2n) is 4.56. The fourth-order valence-electron chi connectivity index (χ4n) is 1.77. The lowest BCUT2D eigenvalue weighted by molar-refractivity contribution is -0.119. The molecule has 2 rings (SSSR count). The van der Waals surface area contributed by atoms with Crippen LogP contribution in [-0.4, -0.2) is 25.6 Å². The Morgan fingerprint density at radius 3 is 2.76 bits per heavy atom. The normalized spacial score (nSPS) is 10.3. The van der Waals surface area contributed by atoms with E-state index < -0.39 is 0 Å². The molecule has 2 N–H and O–H groups in total. The number of para-hydroxylation sites is 1. The van der Waals surface area contributed by atoms with E-state index in [9.17, 15) is 4.79 Å². The summed E-state index contributed by atoms with van der Waals surface area (Å²) in [7, 11) is 0. The minimum absolute atomic E-state index is 0.0233. The monoisotopic (exact) mass is 288 g/mol. The molecule has 0 aliphatic carbocycles. The van der Waals surface area contributed by atoms with Crippen LogP contribution in [0, 0.1) is 0 Å². The Balaban J connectivity index is 1.47. The molecule has 0 saturated heterocycles. The molecule has 2 aromatic rings. The van der Waals surface area contributed by atoms with Crippen LogP contribution in [0.3, 0.4) is 0 Å². The van der Waals surface area contributed by atoms with E-state index in [1.54, 1.807) is 6.26 Å². The molecule has 5 heteroatoms. The number of ether oxygens (including phenoxy) is 1. The van der Waals surface area contributed by atoms with Crippen LogP contribution in [0.15, 0.2) is 53.1 Å². The molecule has 112 valence electrons. The number of anilines is 1. The van der Waals surface area contributed by atoms with Gasteiger partial charge in [0.15, 0.2) is 0 Å². The van der Waals surface area contributed by atoms with E-state index in [1.807, 2.05) is 42.5 Å². The standard InChI is InChI=1S/C16H20N2O3/c19-16(12-18-14-6-2-1-3-7-14)17-9-5-10-20-13-15-8-4-11-21-15/h1-4,6-8,11,18H,5,9-10,12-13H2,(H,17,19). The highest BCUT2D eigenvalue weighted by Gasteiger charge is 2.00. The lowest BCUT2D eigenvalue weighted by Crippen LogP contribution is -2.31. The maximum absolute atomic E-state index is 11.6. The zero-order chi connectivity index (χ0) is 14.8. The molecule has 21 heavy (non-hydrogen) atoms. The highest BCUT2D eigenvalue weighted by atomic mass is 16.5. The van der Waals surface area contributed by atoms with Crippen molar-refractivity contribution >= 4 is 11.6 Å². The zero-order valence-corrected chi connectivity index (χ0v) is 11.9. The molecule has 0 radical (unpaired) electrons. The van der Waals surface area contributed by atoms with Gasteiger partial charge in [-0.1, -0.05) is 18.2 Å². The Bertz CT molecular complexity index is 512. The van der Waals surface area contributed by atoms with Crippen molar-refractivity contribution in [2.75, 3.05) is 25.0 Å². The minimum Gasteiger partial charge on any atom is -0.467 e. The van der Waals surface area contributed by atoms with Crippen LogP contribution in [0.1, 0.15) is 12.2 Å². The Morgan fingerprint density at radius 1 is 1.14 bits per heavy atom. The highest BCUT2D eigenvalue weighted by Crippen LogP contribution is 2.03. The molecule has 1 amide bonds. The second kappa shape index (κ2) is 8.81. The molecule has 0 atom stereocenters. The summed E-state index contributed by atoms with van der Waals surface area (Å²) in [6.07, 6.45) is 2.40. The maximum atomic E-state index is 11.6. The van der Waals surface area contributed by atoms with Gasteiger partial charge in [0.25, 0.3) is 0 Å². The van der Waals surface area contributed by atoms with E-state index in [2.05, 4.69) is 10.6 Å². The summed E-state index contributed by atoms with van der Waals surface area (Å²) in [5.41, 5.74) is 0.939. The van der Waals surface area contributed by atoms with Crippen molar-refractivity contribution in [3.05, 3.63) is 54.5 Å². The molecule has 1 heterocycles. The third-order valence-corrected chi connectivity index (χ3v) is 2.84. The molecule has 0 spiro atoms. The van der Waals surface area contributed by atoms with Gasteiger partial charge in [0.2, 0.25) is 5.91 Å². The molecule has 0 saturated carbocycles. The summed E-state index contributed by atoms with van der Waals surface area (Å²) in [6, 6.07) is 13.3. The summed E-state index contributed by atoms with van der Waals surface area (Å²) in [4.78, 5) is 11.6. The van der Waals surface area contributed by atoms with Crippen molar-refractivity contribution in [3.63, 3.8) is 0 Å². The van der Waals surface area contributed by atoms with E-state index in [0.29, 0.717) is 19.8 Å². The van der Waals surface area contributed by atoms with Gasteiger partial charge in [-0.25, -0.2) is 0 Å². The third-order valence-electron chi connectivity index (χ3n) is 2.84. The van der Waals surface area contributed by atoms with Gasteiger partial charge >= 0.3 is 0 Å². The number of carbonyl (C=O) groups excluding carboxylic acids is 1.